The first kappa shape index (κ1) is 47.6. The van der Waals surface area contributed by atoms with Crippen molar-refractivity contribution in [3.05, 3.63) is 164 Å². The van der Waals surface area contributed by atoms with Crippen LogP contribution < -0.4 is 10.6 Å². The van der Waals surface area contributed by atoms with Crippen LogP contribution in [0.2, 0.25) is 0 Å². The van der Waals surface area contributed by atoms with E-state index in [1.54, 1.807) is 23.9 Å². The molecule has 2 fully saturated rings. The van der Waals surface area contributed by atoms with Crippen LogP contribution >= 0.6 is 0 Å². The second-order valence-corrected chi connectivity index (χ2v) is 18.4. The number of amides is 4. The normalized spacial score (nSPS) is 20.2. The molecule has 14 nitrogen and oxygen atoms in total. The average molecular weight is 955 g/mol. The lowest BCUT2D eigenvalue weighted by Gasteiger charge is -2.45. The van der Waals surface area contributed by atoms with E-state index in [4.69, 9.17) is 0 Å². The zero-order valence-corrected chi connectivity index (χ0v) is 39.5. The van der Waals surface area contributed by atoms with Gasteiger partial charge < -0.3 is 20.4 Å². The van der Waals surface area contributed by atoms with Gasteiger partial charge in [-0.05, 0) is 74.5 Å². The zero-order chi connectivity index (χ0) is 49.8. The van der Waals surface area contributed by atoms with Crippen LogP contribution in [0.25, 0.3) is 22.8 Å². The van der Waals surface area contributed by atoms with E-state index in [1.807, 2.05) is 86.3 Å². The number of halogens is 4. The summed E-state index contributed by atoms with van der Waals surface area (Å²) in [4.78, 5) is 75.9. The molecule has 0 bridgehead atoms. The predicted molar refractivity (Wildman–Crippen MR) is 251 cm³/mol. The summed E-state index contributed by atoms with van der Waals surface area (Å²) in [7, 11) is 7.48. The van der Waals surface area contributed by atoms with E-state index in [0.29, 0.717) is 47.0 Å². The van der Waals surface area contributed by atoms with Gasteiger partial charge in [-0.25, -0.2) is 37.5 Å². The summed E-state index contributed by atoms with van der Waals surface area (Å²) in [5.41, 5.74) is 3.52. The molecule has 0 radical (unpaired) electrons. The SMILES string of the molecule is CN1CCN(C)C(C)(c2ccc(Cc3nc(-c4c(F)cccc4F)nc4c3C(=O)NC4)cc2)C1=O.CN1CCN(C)[C@@](C)(c2ccc(Cc3nc(-c4c(F)cccc4F)nc4c3C(=O)NC4)cc2)C1=O. The maximum atomic E-state index is 14.4. The van der Waals surface area contributed by atoms with E-state index in [-0.39, 0.29) is 72.3 Å². The monoisotopic (exact) mass is 954 g/mol. The van der Waals surface area contributed by atoms with Gasteiger partial charge in [0, 0.05) is 53.1 Å². The van der Waals surface area contributed by atoms with Crippen molar-refractivity contribution in [3.63, 3.8) is 0 Å². The third-order valence-corrected chi connectivity index (χ3v) is 14.1. The number of hydrogen-bond acceptors (Lipinski definition) is 10. The molecule has 6 aromatic rings. The first-order valence-corrected chi connectivity index (χ1v) is 22.8. The summed E-state index contributed by atoms with van der Waals surface area (Å²) in [6, 6.07) is 22.3. The van der Waals surface area contributed by atoms with Crippen molar-refractivity contribution in [3.8, 4) is 22.8 Å². The van der Waals surface area contributed by atoms with Gasteiger partial charge >= 0.3 is 0 Å². The molecule has 0 saturated carbocycles. The van der Waals surface area contributed by atoms with Crippen LogP contribution in [0.4, 0.5) is 17.6 Å². The number of rotatable bonds is 8. The number of aromatic nitrogens is 4. The van der Waals surface area contributed by atoms with Gasteiger partial charge in [0.05, 0.1) is 58.1 Å². The number of hydrogen-bond donors (Lipinski definition) is 2. The zero-order valence-electron chi connectivity index (χ0n) is 39.5. The molecule has 2 N–H and O–H groups in total. The van der Waals surface area contributed by atoms with Crippen molar-refractivity contribution in [2.24, 2.45) is 0 Å². The molecule has 4 aliphatic heterocycles. The van der Waals surface area contributed by atoms with E-state index in [9.17, 15) is 36.7 Å². The van der Waals surface area contributed by atoms with Crippen molar-refractivity contribution >= 4 is 23.6 Å². The Morgan fingerprint density at radius 1 is 0.486 bits per heavy atom. The number of carbonyl (C=O) groups is 4. The minimum Gasteiger partial charge on any atom is -0.346 e. The van der Waals surface area contributed by atoms with Gasteiger partial charge in [-0.1, -0.05) is 60.7 Å². The molecule has 360 valence electrons. The quantitative estimate of drug-likeness (QED) is 0.180. The van der Waals surface area contributed by atoms with Gasteiger partial charge in [-0.2, -0.15) is 0 Å². The van der Waals surface area contributed by atoms with E-state index >= 15 is 0 Å². The van der Waals surface area contributed by atoms with Gasteiger partial charge in [-0.3, -0.25) is 29.0 Å². The Balaban J connectivity index is 0.000000174. The number of fused-ring (bicyclic) bond motifs is 2. The maximum absolute atomic E-state index is 14.4. The summed E-state index contributed by atoms with van der Waals surface area (Å²) >= 11 is 0. The highest BCUT2D eigenvalue weighted by molar-refractivity contribution is 6.00. The van der Waals surface area contributed by atoms with Gasteiger partial charge in [0.15, 0.2) is 11.6 Å². The van der Waals surface area contributed by atoms with Gasteiger partial charge in [-0.15, -0.1) is 0 Å². The largest absolute Gasteiger partial charge is 0.346 e. The highest BCUT2D eigenvalue weighted by Gasteiger charge is 2.45. The fraction of sp³-hybridized carbons (Fsp3) is 0.308. The third kappa shape index (κ3) is 8.33. The molecule has 2 saturated heterocycles. The van der Waals surface area contributed by atoms with E-state index in [0.717, 1.165) is 59.6 Å². The molecule has 6 heterocycles. The number of likely N-dealkylation sites (N-methyl/N-ethyl adjacent to an activating group) is 4. The molecule has 4 aliphatic rings. The van der Waals surface area contributed by atoms with Crippen molar-refractivity contribution in [1.82, 2.24) is 50.2 Å². The number of nitrogens with one attached hydrogen (secondary N) is 2. The lowest BCUT2D eigenvalue weighted by molar-refractivity contribution is -0.148. The average Bonchev–Trinajstić information content (AvgIpc) is 3.92. The molecule has 1 unspecified atom stereocenters. The van der Waals surface area contributed by atoms with Crippen LogP contribution in [-0.2, 0) is 46.6 Å². The predicted octanol–water partition coefficient (Wildman–Crippen LogP) is 5.75. The second kappa shape index (κ2) is 18.5. The van der Waals surface area contributed by atoms with Crippen LogP contribution in [0.3, 0.4) is 0 Å². The fourth-order valence-corrected chi connectivity index (χ4v) is 9.59. The van der Waals surface area contributed by atoms with Crippen LogP contribution in [0.15, 0.2) is 84.9 Å². The highest BCUT2D eigenvalue weighted by Crippen LogP contribution is 2.35. The fourth-order valence-electron chi connectivity index (χ4n) is 9.59. The van der Waals surface area contributed by atoms with Crippen LogP contribution in [0.5, 0.6) is 0 Å². The summed E-state index contributed by atoms with van der Waals surface area (Å²) in [5.74, 6) is -3.81. The summed E-state index contributed by atoms with van der Waals surface area (Å²) in [6.45, 7) is 7.05. The molecule has 2 atom stereocenters. The summed E-state index contributed by atoms with van der Waals surface area (Å²) in [5, 5.41) is 5.43. The Labute approximate surface area is 401 Å². The molecule has 2 aromatic heterocycles. The van der Waals surface area contributed by atoms with Gasteiger partial charge in [0.2, 0.25) is 11.8 Å². The van der Waals surface area contributed by atoms with Crippen molar-refractivity contribution in [2.75, 3.05) is 54.4 Å². The number of benzene rings is 4. The van der Waals surface area contributed by atoms with Crippen molar-refractivity contribution in [1.29, 1.82) is 0 Å². The summed E-state index contributed by atoms with van der Waals surface area (Å²) in [6.07, 6.45) is 0.532. The smallest absolute Gasteiger partial charge is 0.255 e. The first-order chi connectivity index (χ1) is 33.4. The van der Waals surface area contributed by atoms with Crippen molar-refractivity contribution < 1.29 is 36.7 Å². The Morgan fingerprint density at radius 3 is 1.17 bits per heavy atom. The Bertz CT molecular complexity index is 2850. The molecule has 70 heavy (non-hydrogen) atoms. The van der Waals surface area contributed by atoms with Crippen molar-refractivity contribution in [2.45, 2.75) is 50.9 Å². The minimum absolute atomic E-state index is 0.0286. The molecular formula is C52H50F4N10O4. The molecule has 0 aliphatic carbocycles. The Hall–Kier alpha value is -7.44. The molecule has 0 spiro atoms. The lowest BCUT2D eigenvalue weighted by atomic mass is 9.86. The lowest BCUT2D eigenvalue weighted by Crippen LogP contribution is -2.60. The van der Waals surface area contributed by atoms with E-state index < -0.39 is 34.3 Å². The number of nitrogens with zero attached hydrogens (tertiary/aromatic N) is 8. The Morgan fingerprint density at radius 2 is 0.829 bits per heavy atom. The standard InChI is InChI=1S/2C26H25F2N5O2/c2*1-26(25(35)32(2)11-12-33(26)3)16-9-7-15(8-10-16)13-19-22-20(14-29-24(22)34)31-23(30-19)21-17(27)5-4-6-18(21)28/h2*4-10H,11-14H2,1-3H3,(H,29,34)/t26-;/m0./s1. The topological polar surface area (TPSA) is 157 Å². The Kier molecular flexibility index (Phi) is 12.6. The maximum Gasteiger partial charge on any atom is 0.255 e. The van der Waals surface area contributed by atoms with Gasteiger partial charge in [0.1, 0.15) is 34.3 Å². The van der Waals surface area contributed by atoms with Crippen LogP contribution in [0.1, 0.15) is 79.6 Å². The highest BCUT2D eigenvalue weighted by atomic mass is 19.1. The second-order valence-electron chi connectivity index (χ2n) is 18.4. The number of piperazine rings is 2. The van der Waals surface area contributed by atoms with E-state index in [1.165, 1.54) is 12.1 Å². The van der Waals surface area contributed by atoms with E-state index in [2.05, 4.69) is 30.6 Å². The number of carbonyl (C=O) groups excluding carboxylic acids is 4. The molecule has 10 rings (SSSR count). The minimum atomic E-state index is -0.781. The molecule has 4 aromatic carbocycles. The molecule has 4 amide bonds. The molecule has 18 heteroatoms. The third-order valence-electron chi connectivity index (χ3n) is 14.1. The van der Waals surface area contributed by atoms with Crippen LogP contribution in [0, 0.1) is 23.3 Å². The van der Waals surface area contributed by atoms with Crippen LogP contribution in [-0.4, -0.2) is 118 Å². The summed E-state index contributed by atoms with van der Waals surface area (Å²) < 4.78 is 57.7. The molecular weight excluding hydrogens is 905 g/mol. The first-order valence-electron chi connectivity index (χ1n) is 22.8. The van der Waals surface area contributed by atoms with Gasteiger partial charge in [0.25, 0.3) is 11.8 Å².